The van der Waals surface area contributed by atoms with Crippen molar-refractivity contribution in [2.24, 2.45) is 0 Å². The number of ether oxygens (including phenoxy) is 2. The number of aliphatic carboxylic acids is 1. The van der Waals surface area contributed by atoms with Crippen LogP contribution in [0.1, 0.15) is 18.1 Å². The third-order valence-electron chi connectivity index (χ3n) is 7.90. The van der Waals surface area contributed by atoms with Crippen LogP contribution in [0.4, 0.5) is 11.8 Å². The molecule has 9 nitrogen and oxygen atoms in total. The minimum absolute atomic E-state index is 0.141. The van der Waals surface area contributed by atoms with E-state index in [9.17, 15) is 9.90 Å². The summed E-state index contributed by atoms with van der Waals surface area (Å²) in [6, 6.07) is 33.0. The maximum atomic E-state index is 12.1. The topological polar surface area (TPSA) is 114 Å². The summed E-state index contributed by atoms with van der Waals surface area (Å²) in [7, 11) is 0. The van der Waals surface area contributed by atoms with Gasteiger partial charge < -0.3 is 25.2 Å². The number of benzene rings is 4. The number of para-hydroxylation sites is 1. The summed E-state index contributed by atoms with van der Waals surface area (Å²) in [6.07, 6.45) is 0.175. The molecular weight excluding hydrogens is 554 g/mol. The maximum Gasteiger partial charge on any atom is 0.348 e. The monoisotopic (exact) mass is 589 g/mol. The molecule has 44 heavy (non-hydrogen) atoms. The lowest BCUT2D eigenvalue weighted by Crippen LogP contribution is -2.46. The first-order chi connectivity index (χ1) is 21.3. The van der Waals surface area contributed by atoms with E-state index in [4.69, 9.17) is 15.2 Å². The van der Waals surface area contributed by atoms with Gasteiger partial charge in [0.05, 0.1) is 0 Å². The van der Waals surface area contributed by atoms with Gasteiger partial charge in [-0.25, -0.2) is 4.79 Å². The quantitative estimate of drug-likeness (QED) is 0.209. The van der Waals surface area contributed by atoms with Crippen molar-refractivity contribution in [1.29, 1.82) is 0 Å². The Morgan fingerprint density at radius 2 is 1.57 bits per heavy atom. The average molecular weight is 590 g/mol. The van der Waals surface area contributed by atoms with Crippen molar-refractivity contribution >= 4 is 28.5 Å². The Morgan fingerprint density at radius 1 is 0.864 bits per heavy atom. The highest BCUT2D eigenvalue weighted by atomic mass is 16.5. The fourth-order valence-electron chi connectivity index (χ4n) is 5.54. The lowest BCUT2D eigenvalue weighted by Gasteiger charge is -2.35. The highest BCUT2D eigenvalue weighted by Gasteiger charge is 2.36. The molecule has 1 fully saturated rings. The van der Waals surface area contributed by atoms with Crippen molar-refractivity contribution in [3.8, 4) is 17.4 Å². The maximum absolute atomic E-state index is 12.1. The number of carboxylic acids is 1. The lowest BCUT2D eigenvalue weighted by molar-refractivity contribution is -0.153. The molecule has 9 heteroatoms. The van der Waals surface area contributed by atoms with Crippen LogP contribution in [-0.2, 0) is 17.8 Å². The summed E-state index contributed by atoms with van der Waals surface area (Å²) in [5.74, 6) is 1.23. The van der Waals surface area contributed by atoms with Gasteiger partial charge in [-0.3, -0.25) is 4.90 Å². The molecule has 0 amide bonds. The second-order valence-corrected chi connectivity index (χ2v) is 11.2. The molecule has 0 saturated carbocycles. The van der Waals surface area contributed by atoms with Crippen molar-refractivity contribution < 1.29 is 19.4 Å². The Morgan fingerprint density at radius 3 is 2.32 bits per heavy atom. The second kappa shape index (κ2) is 12.6. The van der Waals surface area contributed by atoms with E-state index >= 15 is 0 Å². The summed E-state index contributed by atoms with van der Waals surface area (Å²) >= 11 is 0. The summed E-state index contributed by atoms with van der Waals surface area (Å²) in [5.41, 5.74) is 6.77. The first kappa shape index (κ1) is 28.9. The normalized spacial score (nSPS) is 15.1. The fraction of sp³-hybridized carbons (Fsp3) is 0.229. The van der Waals surface area contributed by atoms with E-state index in [1.54, 1.807) is 37.3 Å². The number of fused-ring (bicyclic) bond motifs is 1. The third kappa shape index (κ3) is 6.74. The van der Waals surface area contributed by atoms with Crippen LogP contribution < -0.4 is 20.1 Å². The van der Waals surface area contributed by atoms with E-state index in [0.717, 1.165) is 44.1 Å². The van der Waals surface area contributed by atoms with E-state index in [0.29, 0.717) is 17.4 Å². The zero-order valence-electron chi connectivity index (χ0n) is 24.6. The molecule has 1 aliphatic heterocycles. The lowest BCUT2D eigenvalue weighted by atomic mass is 9.96. The number of anilines is 2. The highest BCUT2D eigenvalue weighted by Crippen LogP contribution is 2.28. The van der Waals surface area contributed by atoms with Gasteiger partial charge in [-0.1, -0.05) is 72.8 Å². The number of hydrogen-bond acceptors (Lipinski definition) is 8. The number of nitrogens with zero attached hydrogens (tertiary/aromatic N) is 4. The molecule has 1 aliphatic rings. The second-order valence-electron chi connectivity index (χ2n) is 11.2. The summed E-state index contributed by atoms with van der Waals surface area (Å²) in [4.78, 5) is 25.5. The van der Waals surface area contributed by atoms with Crippen LogP contribution in [0.3, 0.4) is 0 Å². The smallest absolute Gasteiger partial charge is 0.348 e. The molecule has 0 bridgehead atoms. The van der Waals surface area contributed by atoms with Crippen LogP contribution in [0.15, 0.2) is 103 Å². The van der Waals surface area contributed by atoms with Gasteiger partial charge in [0.1, 0.15) is 17.3 Å². The largest absolute Gasteiger partial charge is 0.478 e. The Labute approximate surface area is 256 Å². The van der Waals surface area contributed by atoms with E-state index in [1.165, 1.54) is 16.3 Å². The van der Waals surface area contributed by atoms with Gasteiger partial charge in [-0.05, 0) is 53.1 Å². The predicted molar refractivity (Wildman–Crippen MR) is 171 cm³/mol. The van der Waals surface area contributed by atoms with Gasteiger partial charge >= 0.3 is 5.97 Å². The summed E-state index contributed by atoms with van der Waals surface area (Å²) in [6.45, 7) is 5.88. The average Bonchev–Trinajstić information content (AvgIpc) is 3.03. The van der Waals surface area contributed by atoms with E-state index in [2.05, 4.69) is 62.2 Å². The van der Waals surface area contributed by atoms with E-state index < -0.39 is 11.6 Å². The molecular formula is C35H35N5O4. The molecule has 1 atom stereocenters. The van der Waals surface area contributed by atoms with Crippen LogP contribution in [0.25, 0.3) is 10.8 Å². The number of carboxylic acid groups (broad SMARTS) is 1. The molecule has 1 saturated heterocycles. The minimum Gasteiger partial charge on any atom is -0.478 e. The summed E-state index contributed by atoms with van der Waals surface area (Å²) in [5, 5.41) is 12.5. The van der Waals surface area contributed by atoms with Crippen molar-refractivity contribution in [1.82, 2.24) is 14.9 Å². The number of aromatic nitrogens is 2. The molecule has 224 valence electrons. The van der Waals surface area contributed by atoms with Gasteiger partial charge in [0, 0.05) is 45.2 Å². The van der Waals surface area contributed by atoms with E-state index in [-0.39, 0.29) is 12.4 Å². The standard InChI is InChI=1S/C35H35N5O4/c1-35(33(41)42,44-29-11-3-2-4-12-29)23-25-14-16-28(17-15-25)43-32-22-31(37-34(36)38-32)40-20-18-39(19-21-40)24-27-10-7-9-26-8-5-6-13-30(26)27/h2-17,22H,18-21,23-24H2,1H3,(H,41,42)(H2,36,37,38). The van der Waals surface area contributed by atoms with Crippen molar-refractivity contribution in [2.45, 2.75) is 25.5 Å². The molecule has 5 aromatic rings. The van der Waals surface area contributed by atoms with Gasteiger partial charge in [-0.2, -0.15) is 9.97 Å². The number of hydrogen-bond donors (Lipinski definition) is 2. The van der Waals surface area contributed by atoms with Crippen molar-refractivity contribution in [3.63, 3.8) is 0 Å². The first-order valence-corrected chi connectivity index (χ1v) is 14.7. The zero-order valence-corrected chi connectivity index (χ0v) is 24.6. The number of piperazine rings is 1. The van der Waals surface area contributed by atoms with Crippen LogP contribution in [-0.4, -0.2) is 57.7 Å². The number of rotatable bonds is 10. The van der Waals surface area contributed by atoms with E-state index in [1.807, 2.05) is 30.3 Å². The molecule has 0 radical (unpaired) electrons. The Bertz CT molecular complexity index is 1730. The summed E-state index contributed by atoms with van der Waals surface area (Å²) < 4.78 is 11.9. The van der Waals surface area contributed by atoms with Crippen LogP contribution in [0.2, 0.25) is 0 Å². The fourth-order valence-corrected chi connectivity index (χ4v) is 5.54. The Kier molecular flexibility index (Phi) is 8.29. The number of carbonyl (C=O) groups is 1. The predicted octanol–water partition coefficient (Wildman–Crippen LogP) is 5.79. The van der Waals surface area contributed by atoms with Gasteiger partial charge in [-0.15, -0.1) is 0 Å². The zero-order chi connectivity index (χ0) is 30.5. The Balaban J connectivity index is 1.08. The first-order valence-electron chi connectivity index (χ1n) is 14.7. The molecule has 6 rings (SSSR count). The van der Waals surface area contributed by atoms with Crippen LogP contribution >= 0.6 is 0 Å². The molecule has 1 unspecified atom stereocenters. The molecule has 2 heterocycles. The number of nitrogens with two attached hydrogens (primary N) is 1. The van der Waals surface area contributed by atoms with Crippen LogP contribution in [0, 0.1) is 0 Å². The third-order valence-corrected chi connectivity index (χ3v) is 7.90. The highest BCUT2D eigenvalue weighted by molar-refractivity contribution is 5.85. The molecule has 0 aliphatic carbocycles. The molecule has 4 aromatic carbocycles. The SMILES string of the molecule is CC(Cc1ccc(Oc2cc(N3CCN(Cc4cccc5ccccc45)CC3)nc(N)n2)cc1)(Oc1ccccc1)C(=O)O. The van der Waals surface area contributed by atoms with Gasteiger partial charge in [0.2, 0.25) is 17.4 Å². The Hall–Kier alpha value is -5.15. The number of nitrogen functional groups attached to an aromatic ring is 1. The molecule has 3 N–H and O–H groups in total. The van der Waals surface area contributed by atoms with Crippen molar-refractivity contribution in [2.75, 3.05) is 36.8 Å². The molecule has 1 aromatic heterocycles. The van der Waals surface area contributed by atoms with Crippen LogP contribution in [0.5, 0.6) is 17.4 Å². The van der Waals surface area contributed by atoms with Gasteiger partial charge in [0.25, 0.3) is 0 Å². The van der Waals surface area contributed by atoms with Crippen molar-refractivity contribution in [3.05, 3.63) is 114 Å². The molecule has 0 spiro atoms. The van der Waals surface area contributed by atoms with Gasteiger partial charge in [0.15, 0.2) is 0 Å². The minimum atomic E-state index is -1.43.